The van der Waals surface area contributed by atoms with Crippen LogP contribution in [0.1, 0.15) is 52.7 Å². The van der Waals surface area contributed by atoms with Gasteiger partial charge in [0, 0.05) is 75.7 Å². The fourth-order valence-corrected chi connectivity index (χ4v) is 5.27. The van der Waals surface area contributed by atoms with E-state index in [2.05, 4.69) is 70.9 Å². The van der Waals surface area contributed by atoms with Gasteiger partial charge < -0.3 is 5.32 Å². The minimum absolute atomic E-state index is 0. The summed E-state index contributed by atoms with van der Waals surface area (Å²) in [5, 5.41) is 7.04. The molecule has 0 aliphatic carbocycles. The number of fused-ring (bicyclic) bond motifs is 2. The van der Waals surface area contributed by atoms with Gasteiger partial charge >= 0.3 is 0 Å². The average Bonchev–Trinajstić information content (AvgIpc) is 3.05. The molecule has 3 aromatic rings. The van der Waals surface area contributed by atoms with Gasteiger partial charge in [-0.15, -0.1) is 13.1 Å². The first-order chi connectivity index (χ1) is 15.7. The first-order valence-electron chi connectivity index (χ1n) is 12.2. The molecule has 3 aromatic carbocycles. The molecule has 169 valence electrons. The molecule has 1 radical (unpaired) electrons. The molecule has 0 N–H and O–H groups in total. The summed E-state index contributed by atoms with van der Waals surface area (Å²) in [6, 6.07) is 21.9. The molecule has 3 nitrogen and oxygen atoms in total. The van der Waals surface area contributed by atoms with Crippen LogP contribution in [0.4, 0.5) is 0 Å². The number of benzene rings is 3. The van der Waals surface area contributed by atoms with Crippen LogP contribution in [0.5, 0.6) is 0 Å². The Bertz CT molecular complexity index is 1090. The molecule has 2 aliphatic rings. The van der Waals surface area contributed by atoms with Crippen LogP contribution in [0.25, 0.3) is 16.1 Å². The van der Waals surface area contributed by atoms with Gasteiger partial charge in [0.05, 0.1) is 0 Å². The molecule has 1 saturated heterocycles. The van der Waals surface area contributed by atoms with Crippen LogP contribution in [0.3, 0.4) is 0 Å². The van der Waals surface area contributed by atoms with Crippen LogP contribution in [0, 0.1) is 50.0 Å². The number of carbonyl (C=O) groups excluding carboxylic acids is 1. The molecule has 4 heteroatoms. The normalized spacial score (nSPS) is 17.2. The summed E-state index contributed by atoms with van der Waals surface area (Å²) < 4.78 is 0. The first kappa shape index (κ1) is 25.1. The molecule has 0 bridgehead atoms. The molecule has 0 amide bonds. The second-order valence-corrected chi connectivity index (χ2v) is 9.52. The number of ketones is 1. The minimum Gasteiger partial charge on any atom is -0.662 e. The zero-order valence-corrected chi connectivity index (χ0v) is 24.3. The summed E-state index contributed by atoms with van der Waals surface area (Å²) in [5.41, 5.74) is 5.07. The zero-order chi connectivity index (χ0) is 21.8. The Morgan fingerprint density at radius 3 is 2.45 bits per heavy atom. The van der Waals surface area contributed by atoms with E-state index in [-0.39, 0.29) is 44.1 Å². The van der Waals surface area contributed by atoms with Crippen molar-refractivity contribution in [3.8, 4) is 0 Å². The number of carbonyl (C=O) groups is 1. The van der Waals surface area contributed by atoms with Crippen LogP contribution < -0.4 is 0 Å². The van der Waals surface area contributed by atoms with Gasteiger partial charge in [-0.05, 0) is 64.8 Å². The first-order valence-corrected chi connectivity index (χ1v) is 12.2. The molecule has 0 aromatic heterocycles. The third-order valence-corrected chi connectivity index (χ3v) is 7.31. The van der Waals surface area contributed by atoms with E-state index in [1.54, 1.807) is 0 Å². The molecular formula is C29H33AcN2O-. The summed E-state index contributed by atoms with van der Waals surface area (Å²) in [6.45, 7) is 5.06. The van der Waals surface area contributed by atoms with Crippen LogP contribution >= 0.6 is 0 Å². The van der Waals surface area contributed by atoms with Crippen molar-refractivity contribution < 1.29 is 48.9 Å². The van der Waals surface area contributed by atoms with E-state index >= 15 is 0 Å². The van der Waals surface area contributed by atoms with E-state index in [1.165, 1.54) is 27.5 Å². The smallest absolute Gasteiger partial charge is 0.162 e. The molecule has 0 spiro atoms. The van der Waals surface area contributed by atoms with Gasteiger partial charge in [-0.2, -0.15) is 0 Å². The molecule has 5 rings (SSSR count). The van der Waals surface area contributed by atoms with Gasteiger partial charge in [0.15, 0.2) is 5.78 Å². The van der Waals surface area contributed by atoms with Crippen LogP contribution in [-0.2, 0) is 19.4 Å². The topological polar surface area (TPSA) is 34.4 Å². The third-order valence-electron chi connectivity index (χ3n) is 7.31. The Morgan fingerprint density at radius 2 is 1.64 bits per heavy atom. The summed E-state index contributed by atoms with van der Waals surface area (Å²) >= 11 is 0. The second-order valence-electron chi connectivity index (χ2n) is 9.52. The van der Waals surface area contributed by atoms with Gasteiger partial charge in [-0.3, -0.25) is 9.69 Å². The maximum absolute atomic E-state index is 12.8. The molecule has 2 heterocycles. The minimum atomic E-state index is 0. The van der Waals surface area contributed by atoms with E-state index in [0.29, 0.717) is 18.1 Å². The van der Waals surface area contributed by atoms with Gasteiger partial charge in [0.25, 0.3) is 0 Å². The number of hydrogen-bond donors (Lipinski definition) is 0. The summed E-state index contributed by atoms with van der Waals surface area (Å²) in [7, 11) is 0. The summed E-state index contributed by atoms with van der Waals surface area (Å²) in [6.07, 6.45) is 6.09. The predicted octanol–water partition coefficient (Wildman–Crippen LogP) is 6.19. The Hall–Kier alpha value is -1.05. The maximum Gasteiger partial charge on any atom is 0.162 e. The van der Waals surface area contributed by atoms with Crippen molar-refractivity contribution >= 4 is 16.6 Å². The fourth-order valence-electron chi connectivity index (χ4n) is 5.27. The molecular weight excluding hydrogens is 619 g/mol. The van der Waals surface area contributed by atoms with Crippen molar-refractivity contribution in [3.63, 3.8) is 0 Å². The van der Waals surface area contributed by atoms with Crippen LogP contribution in [0.2, 0.25) is 0 Å². The number of hydrogen-bond acceptors (Lipinski definition) is 2. The van der Waals surface area contributed by atoms with Crippen molar-refractivity contribution in [1.82, 2.24) is 4.90 Å². The van der Waals surface area contributed by atoms with E-state index in [9.17, 15) is 4.79 Å². The monoisotopic (exact) mass is 652 g/mol. The van der Waals surface area contributed by atoms with Crippen molar-refractivity contribution in [1.29, 1.82) is 0 Å². The number of nitrogens with zero attached hydrogens (tertiary/aromatic N) is 2. The Balaban J connectivity index is 0.00000259. The number of rotatable bonds is 6. The van der Waals surface area contributed by atoms with E-state index in [4.69, 9.17) is 0 Å². The molecule has 33 heavy (non-hydrogen) atoms. The summed E-state index contributed by atoms with van der Waals surface area (Å²) in [5.74, 6) is 0.994. The van der Waals surface area contributed by atoms with E-state index < -0.39 is 0 Å². The fraction of sp³-hybridized carbons (Fsp3) is 0.414. The third kappa shape index (κ3) is 6.55. The van der Waals surface area contributed by atoms with Crippen LogP contribution in [-0.4, -0.2) is 36.9 Å². The molecule has 0 atom stereocenters. The molecule has 1 fully saturated rings. The van der Waals surface area contributed by atoms with Gasteiger partial charge in [-0.25, -0.2) is 0 Å². The van der Waals surface area contributed by atoms with Crippen molar-refractivity contribution in [2.75, 3.05) is 26.2 Å². The Morgan fingerprint density at radius 1 is 0.879 bits per heavy atom. The average molecular weight is 653 g/mol. The van der Waals surface area contributed by atoms with Crippen molar-refractivity contribution in [2.45, 2.75) is 45.1 Å². The van der Waals surface area contributed by atoms with Crippen molar-refractivity contribution in [3.05, 3.63) is 88.2 Å². The number of piperidine rings is 1. The molecule has 0 unspecified atom stereocenters. The molecule has 2 aliphatic heterocycles. The van der Waals surface area contributed by atoms with E-state index in [1.807, 2.05) is 0 Å². The summed E-state index contributed by atoms with van der Waals surface area (Å²) in [4.78, 5) is 15.4. The Labute approximate surface area is 233 Å². The van der Waals surface area contributed by atoms with Gasteiger partial charge in [0.2, 0.25) is 0 Å². The van der Waals surface area contributed by atoms with Crippen molar-refractivity contribution in [2.24, 2.45) is 5.92 Å². The second kappa shape index (κ2) is 12.1. The molecule has 0 saturated carbocycles. The van der Waals surface area contributed by atoms with Gasteiger partial charge in [-0.1, -0.05) is 61.4 Å². The predicted molar refractivity (Wildman–Crippen MR) is 132 cm³/mol. The SMILES string of the molecule is O=C(CCC1CC[N-]CC1)c1ccc2c(c1)CCN(Cc1ccc3ccccc3c1)CC2.[Ac]. The Kier molecular flexibility index (Phi) is 9.17. The number of Topliss-reactive ketones (excluding diaryl/α,β-unsaturated/α-hetero) is 1. The largest absolute Gasteiger partial charge is 0.662 e. The van der Waals surface area contributed by atoms with Crippen LogP contribution in [0.15, 0.2) is 60.7 Å². The van der Waals surface area contributed by atoms with E-state index in [0.717, 1.165) is 70.4 Å². The quantitative estimate of drug-likeness (QED) is 0.298. The van der Waals surface area contributed by atoms with Gasteiger partial charge in [0.1, 0.15) is 0 Å². The maximum atomic E-state index is 12.8. The standard InChI is InChI=1S/C29H33N2O.Ac/c32-29(10-6-22-11-15-30-16-12-22)28-9-8-25-13-17-31(18-14-27(25)20-28)21-23-5-7-24-3-1-2-4-26(24)19-23;/h1-5,7-9,19-20,22H,6,10-18,21H2;/q-1;. The zero-order valence-electron chi connectivity index (χ0n) is 19.5.